The third kappa shape index (κ3) is 3.21. The largest absolute Gasteiger partial charge is 0.388 e. The summed E-state index contributed by atoms with van der Waals surface area (Å²) in [5.41, 5.74) is 0. The van der Waals surface area contributed by atoms with Crippen molar-refractivity contribution in [2.45, 2.75) is 75.3 Å². The number of ether oxygens (including phenoxy) is 3. The summed E-state index contributed by atoms with van der Waals surface area (Å²) < 4.78 is 15.7. The summed E-state index contributed by atoms with van der Waals surface area (Å²) in [4.78, 5) is 0. The van der Waals surface area contributed by atoms with Crippen molar-refractivity contribution in [1.29, 1.82) is 0 Å². The van der Waals surface area contributed by atoms with E-state index in [4.69, 9.17) is 14.2 Å². The summed E-state index contributed by atoms with van der Waals surface area (Å²) >= 11 is 0. The van der Waals surface area contributed by atoms with E-state index in [9.17, 15) is 30.6 Å². The zero-order valence-electron chi connectivity index (χ0n) is 11.7. The Morgan fingerprint density at radius 1 is 0.571 bits per heavy atom. The van der Waals surface area contributed by atoms with Gasteiger partial charge >= 0.3 is 0 Å². The van der Waals surface area contributed by atoms with Crippen LogP contribution in [0.25, 0.3) is 0 Å². The van der Waals surface area contributed by atoms with E-state index in [-0.39, 0.29) is 0 Å². The highest BCUT2D eigenvalue weighted by Gasteiger charge is 2.48. The topological polar surface area (TPSA) is 149 Å². The lowest BCUT2D eigenvalue weighted by atomic mass is 9.99. The summed E-state index contributed by atoms with van der Waals surface area (Å²) in [6, 6.07) is 0. The van der Waals surface area contributed by atoms with Crippen molar-refractivity contribution in [1.82, 2.24) is 0 Å². The lowest BCUT2D eigenvalue weighted by Gasteiger charge is -2.44. The second-order valence-electron chi connectivity index (χ2n) is 5.50. The molecule has 21 heavy (non-hydrogen) atoms. The Bertz CT molecular complexity index is 322. The van der Waals surface area contributed by atoms with E-state index < -0.39 is 61.4 Å². The van der Waals surface area contributed by atoms with Crippen molar-refractivity contribution >= 4 is 0 Å². The molecule has 0 bridgehead atoms. The van der Waals surface area contributed by atoms with E-state index in [1.807, 2.05) is 0 Å². The van der Waals surface area contributed by atoms with Crippen LogP contribution < -0.4 is 0 Å². The molecule has 124 valence electrons. The fraction of sp³-hybridized carbons (Fsp3) is 1.00. The molecular formula is C12H22O9. The number of rotatable bonds is 2. The van der Waals surface area contributed by atoms with Gasteiger partial charge in [-0.1, -0.05) is 0 Å². The molecule has 10 atom stereocenters. The molecule has 0 aromatic heterocycles. The molecule has 9 nitrogen and oxygen atoms in total. The standard InChI is InChI=1S/C12H22O9/c1-3-5(13)7(15)9(17)11(19-3)21-12-10(18)8(16)6(14)4(2)20-12/h3-18H,1-2H3/t3-,4-,5-,6-,7+,8+,9+,10+,11-,12-/m0/s1. The van der Waals surface area contributed by atoms with Gasteiger partial charge in [0.1, 0.15) is 36.6 Å². The van der Waals surface area contributed by atoms with Crippen LogP contribution in [0, 0.1) is 0 Å². The maximum Gasteiger partial charge on any atom is 0.189 e. The Hall–Kier alpha value is -0.360. The normalized spacial score (nSPS) is 55.4. The van der Waals surface area contributed by atoms with Gasteiger partial charge in [0.15, 0.2) is 12.6 Å². The molecule has 0 spiro atoms. The van der Waals surface area contributed by atoms with E-state index in [0.29, 0.717) is 0 Å². The molecular weight excluding hydrogens is 288 g/mol. The van der Waals surface area contributed by atoms with Crippen LogP contribution >= 0.6 is 0 Å². The molecule has 2 rings (SSSR count). The summed E-state index contributed by atoms with van der Waals surface area (Å²) in [5, 5.41) is 58.1. The van der Waals surface area contributed by atoms with Gasteiger partial charge in [-0.15, -0.1) is 0 Å². The first-order chi connectivity index (χ1) is 9.73. The molecule has 2 saturated heterocycles. The van der Waals surface area contributed by atoms with E-state index in [2.05, 4.69) is 0 Å². The first kappa shape index (κ1) is 17.0. The van der Waals surface area contributed by atoms with Crippen LogP contribution in [0.4, 0.5) is 0 Å². The molecule has 0 unspecified atom stereocenters. The second kappa shape index (κ2) is 6.41. The Kier molecular flexibility index (Phi) is 5.19. The first-order valence-corrected chi connectivity index (χ1v) is 6.78. The molecule has 0 saturated carbocycles. The highest BCUT2D eigenvalue weighted by molar-refractivity contribution is 4.90. The number of hydrogen-bond acceptors (Lipinski definition) is 9. The number of aliphatic hydroxyl groups excluding tert-OH is 6. The summed E-state index contributed by atoms with van der Waals surface area (Å²) in [6.45, 7) is 2.96. The molecule has 0 radical (unpaired) electrons. The zero-order valence-corrected chi connectivity index (χ0v) is 11.7. The molecule has 6 N–H and O–H groups in total. The van der Waals surface area contributed by atoms with Crippen LogP contribution in [-0.2, 0) is 14.2 Å². The predicted molar refractivity (Wildman–Crippen MR) is 65.8 cm³/mol. The molecule has 9 heteroatoms. The first-order valence-electron chi connectivity index (χ1n) is 6.78. The molecule has 2 aliphatic rings. The quantitative estimate of drug-likeness (QED) is 0.308. The fourth-order valence-corrected chi connectivity index (χ4v) is 2.38. The Morgan fingerprint density at radius 2 is 0.905 bits per heavy atom. The molecule has 2 fully saturated rings. The lowest BCUT2D eigenvalue weighted by Crippen LogP contribution is -2.62. The SMILES string of the molecule is C[C@@H]1O[C@@H](O[C@@H]2O[C@@H](C)[C@H](O)[C@@H](O)[C@H]2O)[C@H](O)[C@H](O)[C@H]1O. The third-order valence-electron chi connectivity index (χ3n) is 3.89. The van der Waals surface area contributed by atoms with Crippen molar-refractivity contribution in [3.8, 4) is 0 Å². The van der Waals surface area contributed by atoms with E-state index in [1.165, 1.54) is 13.8 Å². The molecule has 2 heterocycles. The number of aliphatic hydroxyl groups is 6. The molecule has 0 amide bonds. The fourth-order valence-electron chi connectivity index (χ4n) is 2.38. The van der Waals surface area contributed by atoms with Gasteiger partial charge in [0.05, 0.1) is 12.2 Å². The van der Waals surface area contributed by atoms with Gasteiger partial charge in [-0.3, -0.25) is 0 Å². The van der Waals surface area contributed by atoms with Crippen molar-refractivity contribution in [3.63, 3.8) is 0 Å². The van der Waals surface area contributed by atoms with Crippen LogP contribution in [0.3, 0.4) is 0 Å². The lowest BCUT2D eigenvalue weighted by molar-refractivity contribution is -0.370. The average molecular weight is 310 g/mol. The van der Waals surface area contributed by atoms with Crippen molar-refractivity contribution in [2.24, 2.45) is 0 Å². The van der Waals surface area contributed by atoms with Crippen molar-refractivity contribution < 1.29 is 44.8 Å². The average Bonchev–Trinajstić information content (AvgIpc) is 2.45. The molecule has 0 aliphatic carbocycles. The minimum atomic E-state index is -1.55. The van der Waals surface area contributed by atoms with E-state index in [0.717, 1.165) is 0 Å². The van der Waals surface area contributed by atoms with Crippen LogP contribution in [0.5, 0.6) is 0 Å². The van der Waals surface area contributed by atoms with E-state index in [1.54, 1.807) is 0 Å². The van der Waals surface area contributed by atoms with Crippen LogP contribution in [-0.4, -0.2) is 92.1 Å². The van der Waals surface area contributed by atoms with Gasteiger partial charge < -0.3 is 44.8 Å². The maximum atomic E-state index is 9.82. The molecule has 0 aromatic carbocycles. The van der Waals surface area contributed by atoms with Gasteiger partial charge in [-0.25, -0.2) is 0 Å². The Morgan fingerprint density at radius 3 is 1.24 bits per heavy atom. The molecule has 2 aliphatic heterocycles. The van der Waals surface area contributed by atoms with E-state index >= 15 is 0 Å². The summed E-state index contributed by atoms with van der Waals surface area (Å²) in [7, 11) is 0. The van der Waals surface area contributed by atoms with Gasteiger partial charge in [0.25, 0.3) is 0 Å². The Balaban J connectivity index is 2.03. The van der Waals surface area contributed by atoms with Gasteiger partial charge in [-0.05, 0) is 13.8 Å². The minimum absolute atomic E-state index is 0.804. The smallest absolute Gasteiger partial charge is 0.189 e. The van der Waals surface area contributed by atoms with Crippen LogP contribution in [0.2, 0.25) is 0 Å². The zero-order chi connectivity index (χ0) is 15.9. The van der Waals surface area contributed by atoms with Crippen molar-refractivity contribution in [2.75, 3.05) is 0 Å². The molecule has 0 aromatic rings. The minimum Gasteiger partial charge on any atom is -0.388 e. The second-order valence-corrected chi connectivity index (χ2v) is 5.50. The Labute approximate surface area is 121 Å². The van der Waals surface area contributed by atoms with Crippen molar-refractivity contribution in [3.05, 3.63) is 0 Å². The third-order valence-corrected chi connectivity index (χ3v) is 3.89. The van der Waals surface area contributed by atoms with Gasteiger partial charge in [-0.2, -0.15) is 0 Å². The van der Waals surface area contributed by atoms with Gasteiger partial charge in [0, 0.05) is 0 Å². The monoisotopic (exact) mass is 310 g/mol. The highest BCUT2D eigenvalue weighted by Crippen LogP contribution is 2.27. The summed E-state index contributed by atoms with van der Waals surface area (Å²) in [6.07, 6.45) is -12.9. The summed E-state index contributed by atoms with van der Waals surface area (Å²) in [5.74, 6) is 0. The predicted octanol–water partition coefficient (Wildman–Crippen LogP) is -3.34. The van der Waals surface area contributed by atoms with Gasteiger partial charge in [0.2, 0.25) is 0 Å². The maximum absolute atomic E-state index is 9.82. The highest BCUT2D eigenvalue weighted by atomic mass is 16.8. The van der Waals surface area contributed by atoms with Crippen LogP contribution in [0.15, 0.2) is 0 Å². The van der Waals surface area contributed by atoms with Crippen LogP contribution in [0.1, 0.15) is 13.8 Å². The number of hydrogen-bond donors (Lipinski definition) is 6.